The molecule has 1 aromatic heterocycles. The van der Waals surface area contributed by atoms with Crippen LogP contribution >= 0.6 is 7.60 Å². The normalized spacial score (nSPS) is 20.4. The van der Waals surface area contributed by atoms with Crippen molar-refractivity contribution in [3.8, 4) is 0 Å². The van der Waals surface area contributed by atoms with Crippen molar-refractivity contribution in [1.29, 1.82) is 0 Å². The highest BCUT2D eigenvalue weighted by molar-refractivity contribution is 7.51. The number of nitrogens with two attached hydrogens (primary N) is 1. The molecule has 0 saturated carbocycles. The molecule has 8 heteroatoms. The number of aromatic nitrogens is 2. The van der Waals surface area contributed by atoms with Crippen LogP contribution in [0.25, 0.3) is 11.0 Å². The maximum Gasteiger partial charge on any atom is 0.327 e. The molecule has 25 heavy (non-hydrogen) atoms. The lowest BCUT2D eigenvalue weighted by Crippen LogP contribution is -2.33. The number of allylic oxidation sites excluding steroid dienone is 2. The minimum Gasteiger partial charge on any atom is -0.397 e. The van der Waals surface area contributed by atoms with Crippen molar-refractivity contribution in [2.45, 2.75) is 25.5 Å². The average molecular weight is 363 g/mol. The second-order valence-corrected chi connectivity index (χ2v) is 7.79. The van der Waals surface area contributed by atoms with Gasteiger partial charge in [0, 0.05) is 13.0 Å². The molecule has 4 N–H and O–H groups in total. The van der Waals surface area contributed by atoms with Crippen molar-refractivity contribution < 1.29 is 19.1 Å². The molecule has 1 aliphatic carbocycles. The predicted octanol–water partition coefficient (Wildman–Crippen LogP) is 2.54. The van der Waals surface area contributed by atoms with Crippen LogP contribution in [0.3, 0.4) is 0 Å². The fraction of sp³-hybridized carbons (Fsp3) is 0.353. The van der Waals surface area contributed by atoms with Gasteiger partial charge in [-0.3, -0.25) is 4.57 Å². The first-order chi connectivity index (χ1) is 11.9. The highest BCUT2D eigenvalue weighted by Gasteiger charge is 2.36. The predicted molar refractivity (Wildman–Crippen MR) is 97.3 cm³/mol. The van der Waals surface area contributed by atoms with E-state index in [-0.39, 0.29) is 12.8 Å². The number of rotatable bonds is 6. The summed E-state index contributed by atoms with van der Waals surface area (Å²) in [6.07, 6.45) is 7.83. The maximum atomic E-state index is 11.2. The van der Waals surface area contributed by atoms with E-state index >= 15 is 0 Å². The van der Waals surface area contributed by atoms with Crippen molar-refractivity contribution in [3.63, 3.8) is 0 Å². The molecule has 2 aromatic rings. The van der Waals surface area contributed by atoms with Gasteiger partial charge in [-0.05, 0) is 25.1 Å². The number of hydrogen-bond acceptors (Lipinski definition) is 4. The number of aryl methyl sites for hydroxylation is 1. The number of para-hydroxylation sites is 1. The zero-order valence-corrected chi connectivity index (χ0v) is 14.9. The van der Waals surface area contributed by atoms with Gasteiger partial charge in [0.15, 0.2) is 0 Å². The average Bonchev–Trinajstić information content (AvgIpc) is 2.95. The van der Waals surface area contributed by atoms with Crippen molar-refractivity contribution in [2.24, 2.45) is 0 Å². The van der Waals surface area contributed by atoms with Crippen LogP contribution < -0.4 is 5.73 Å². The Morgan fingerprint density at radius 1 is 1.40 bits per heavy atom. The number of ether oxygens (including phenoxy) is 1. The summed E-state index contributed by atoms with van der Waals surface area (Å²) in [5.41, 5.74) is 7.41. The molecule has 1 heterocycles. The van der Waals surface area contributed by atoms with E-state index in [0.29, 0.717) is 30.0 Å². The molecule has 1 atom stereocenters. The Labute approximate surface area is 146 Å². The summed E-state index contributed by atoms with van der Waals surface area (Å²) < 4.78 is 19.2. The Bertz CT molecular complexity index is 883. The Morgan fingerprint density at radius 2 is 2.20 bits per heavy atom. The number of fused-ring (bicyclic) bond motifs is 1. The largest absolute Gasteiger partial charge is 0.397 e. The summed E-state index contributed by atoms with van der Waals surface area (Å²) in [5.74, 6) is 0.689. The van der Waals surface area contributed by atoms with Crippen molar-refractivity contribution >= 4 is 24.3 Å². The van der Waals surface area contributed by atoms with E-state index in [1.807, 2.05) is 47.9 Å². The van der Waals surface area contributed by atoms with Gasteiger partial charge in [0.2, 0.25) is 0 Å². The third kappa shape index (κ3) is 3.55. The van der Waals surface area contributed by atoms with E-state index in [2.05, 4.69) is 0 Å². The highest BCUT2D eigenvalue weighted by Crippen LogP contribution is 2.39. The van der Waals surface area contributed by atoms with E-state index in [4.69, 9.17) is 25.2 Å². The Hall–Kier alpha value is -1.92. The fourth-order valence-corrected chi connectivity index (χ4v) is 3.43. The van der Waals surface area contributed by atoms with Crippen LogP contribution in [0.1, 0.15) is 19.2 Å². The number of hydrogen-bond donors (Lipinski definition) is 3. The second kappa shape index (κ2) is 6.77. The van der Waals surface area contributed by atoms with Gasteiger partial charge in [0.25, 0.3) is 0 Å². The SMILES string of the molecule is CCn1c(C2(OCCP(=O)(O)O)C=CC=CC2)nc2c(N)cccc21. The molecule has 0 fully saturated rings. The van der Waals surface area contributed by atoms with Gasteiger partial charge in [-0.1, -0.05) is 24.3 Å². The van der Waals surface area contributed by atoms with Crippen LogP contribution in [0.15, 0.2) is 42.5 Å². The molecule has 3 rings (SSSR count). The first-order valence-electron chi connectivity index (χ1n) is 8.14. The van der Waals surface area contributed by atoms with Crippen molar-refractivity contribution in [1.82, 2.24) is 9.55 Å². The number of nitrogen functional groups attached to an aromatic ring is 1. The van der Waals surface area contributed by atoms with Crippen molar-refractivity contribution in [2.75, 3.05) is 18.5 Å². The first kappa shape index (κ1) is 17.9. The number of anilines is 1. The summed E-state index contributed by atoms with van der Waals surface area (Å²) >= 11 is 0. The lowest BCUT2D eigenvalue weighted by atomic mass is 9.94. The van der Waals surface area contributed by atoms with Crippen LogP contribution in [0.4, 0.5) is 5.69 Å². The summed E-state index contributed by atoms with van der Waals surface area (Å²) in [6.45, 7) is 2.63. The zero-order chi connectivity index (χ0) is 18.1. The van der Waals surface area contributed by atoms with Crippen LogP contribution in [0.2, 0.25) is 0 Å². The second-order valence-electron chi connectivity index (χ2n) is 6.01. The minimum absolute atomic E-state index is 0.0646. The molecule has 0 saturated heterocycles. The molecule has 0 amide bonds. The van der Waals surface area contributed by atoms with E-state index in [9.17, 15) is 4.57 Å². The van der Waals surface area contributed by atoms with Gasteiger partial charge >= 0.3 is 7.60 Å². The van der Waals surface area contributed by atoms with Crippen molar-refractivity contribution in [3.05, 3.63) is 48.3 Å². The molecule has 0 spiro atoms. The monoisotopic (exact) mass is 363 g/mol. The van der Waals surface area contributed by atoms with Crippen LogP contribution in [-0.2, 0) is 21.4 Å². The van der Waals surface area contributed by atoms with E-state index < -0.39 is 13.2 Å². The highest BCUT2D eigenvalue weighted by atomic mass is 31.2. The maximum absolute atomic E-state index is 11.2. The standard InChI is InChI=1S/C17H22N3O4P/c1-2-20-14-8-6-7-13(18)15(14)19-16(20)17(9-4-3-5-10-17)24-11-12-25(21,22)23/h3-9H,2,10-12,18H2,1H3,(H2,21,22,23). The Balaban J connectivity index is 2.06. The molecule has 1 unspecified atom stereocenters. The lowest BCUT2D eigenvalue weighted by Gasteiger charge is -2.31. The van der Waals surface area contributed by atoms with E-state index in [1.165, 1.54) is 0 Å². The molecule has 0 aliphatic heterocycles. The number of nitrogens with zero attached hydrogens (tertiary/aromatic N) is 2. The molecular weight excluding hydrogens is 341 g/mol. The van der Waals surface area contributed by atoms with Crippen LogP contribution in [-0.4, -0.2) is 32.1 Å². The number of imidazole rings is 1. The third-order valence-corrected chi connectivity index (χ3v) is 5.05. The fourth-order valence-electron chi connectivity index (χ4n) is 3.10. The topological polar surface area (TPSA) is 111 Å². The first-order valence-corrected chi connectivity index (χ1v) is 9.94. The Morgan fingerprint density at radius 3 is 2.84 bits per heavy atom. The molecule has 1 aromatic carbocycles. The quantitative estimate of drug-likeness (QED) is 0.537. The molecular formula is C17H22N3O4P. The van der Waals surface area contributed by atoms with Gasteiger partial charge in [-0.2, -0.15) is 0 Å². The van der Waals surface area contributed by atoms with Gasteiger partial charge in [-0.15, -0.1) is 0 Å². The molecule has 0 radical (unpaired) electrons. The summed E-state index contributed by atoms with van der Waals surface area (Å²) in [6, 6.07) is 5.64. The van der Waals surface area contributed by atoms with Gasteiger partial charge in [0.05, 0.1) is 24.0 Å². The van der Waals surface area contributed by atoms with Crippen LogP contribution in [0, 0.1) is 0 Å². The molecule has 7 nitrogen and oxygen atoms in total. The number of benzene rings is 1. The third-order valence-electron chi connectivity index (χ3n) is 4.28. The molecule has 1 aliphatic rings. The molecule has 0 bridgehead atoms. The smallest absolute Gasteiger partial charge is 0.327 e. The Kier molecular flexibility index (Phi) is 4.84. The van der Waals surface area contributed by atoms with Gasteiger partial charge in [-0.25, -0.2) is 4.98 Å². The van der Waals surface area contributed by atoms with E-state index in [0.717, 1.165) is 5.52 Å². The van der Waals surface area contributed by atoms with Gasteiger partial charge < -0.3 is 24.8 Å². The summed E-state index contributed by atoms with van der Waals surface area (Å²) in [5, 5.41) is 0. The van der Waals surface area contributed by atoms with Crippen LogP contribution in [0.5, 0.6) is 0 Å². The molecule has 134 valence electrons. The summed E-state index contributed by atoms with van der Waals surface area (Å²) in [4.78, 5) is 23.0. The van der Waals surface area contributed by atoms with E-state index in [1.54, 1.807) is 6.07 Å². The minimum atomic E-state index is -4.12. The zero-order valence-electron chi connectivity index (χ0n) is 14.0. The summed E-state index contributed by atoms with van der Waals surface area (Å²) in [7, 11) is -4.12. The lowest BCUT2D eigenvalue weighted by molar-refractivity contribution is -0.0121. The van der Waals surface area contributed by atoms with Gasteiger partial charge in [0.1, 0.15) is 16.9 Å².